The molecular formula is C12H13N3O4. The van der Waals surface area contributed by atoms with E-state index in [1.807, 2.05) is 0 Å². The van der Waals surface area contributed by atoms with E-state index in [0.29, 0.717) is 16.7 Å². The number of rotatable bonds is 5. The summed E-state index contributed by atoms with van der Waals surface area (Å²) in [4.78, 5) is 18.9. The third-order valence-electron chi connectivity index (χ3n) is 2.67. The minimum atomic E-state index is -1.03. The van der Waals surface area contributed by atoms with Crippen molar-refractivity contribution in [2.75, 3.05) is 18.5 Å². The first-order valence-electron chi connectivity index (χ1n) is 5.62. The van der Waals surface area contributed by atoms with Gasteiger partial charge in [0.1, 0.15) is 12.1 Å². The number of fused-ring (bicyclic) bond motifs is 1. The van der Waals surface area contributed by atoms with E-state index in [0.717, 1.165) is 0 Å². The van der Waals surface area contributed by atoms with Crippen LogP contribution in [0.1, 0.15) is 10.4 Å². The normalized spacial score (nSPS) is 10.9. The zero-order valence-corrected chi connectivity index (χ0v) is 9.95. The van der Waals surface area contributed by atoms with E-state index >= 15 is 0 Å². The molecule has 7 heteroatoms. The van der Waals surface area contributed by atoms with E-state index in [1.165, 1.54) is 18.5 Å². The molecule has 0 saturated carbocycles. The maximum absolute atomic E-state index is 10.9. The van der Waals surface area contributed by atoms with Gasteiger partial charge in [-0.3, -0.25) is 0 Å². The number of carboxylic acid groups (broad SMARTS) is 1. The number of hydrogen-bond acceptors (Lipinski definition) is 6. The van der Waals surface area contributed by atoms with Crippen LogP contribution in [0.15, 0.2) is 24.5 Å². The van der Waals surface area contributed by atoms with E-state index in [1.54, 1.807) is 6.07 Å². The molecule has 0 aliphatic rings. The fourth-order valence-electron chi connectivity index (χ4n) is 1.65. The zero-order chi connectivity index (χ0) is 13.8. The van der Waals surface area contributed by atoms with Gasteiger partial charge in [-0.05, 0) is 18.2 Å². The van der Waals surface area contributed by atoms with Crippen LogP contribution >= 0.6 is 0 Å². The van der Waals surface area contributed by atoms with Gasteiger partial charge in [0.05, 0.1) is 30.3 Å². The molecule has 0 aliphatic heterocycles. The van der Waals surface area contributed by atoms with Gasteiger partial charge in [0.25, 0.3) is 0 Å². The quantitative estimate of drug-likeness (QED) is 0.604. The summed E-state index contributed by atoms with van der Waals surface area (Å²) in [5.41, 5.74) is 0.616. The van der Waals surface area contributed by atoms with Gasteiger partial charge in [-0.1, -0.05) is 0 Å². The van der Waals surface area contributed by atoms with E-state index in [9.17, 15) is 4.79 Å². The van der Waals surface area contributed by atoms with Crippen molar-refractivity contribution in [3.05, 3.63) is 30.1 Å². The summed E-state index contributed by atoms with van der Waals surface area (Å²) < 4.78 is 0. The SMILES string of the molecule is O=C(O)c1ccc2c(NC(CO)CO)ncnc2c1. The van der Waals surface area contributed by atoms with Crippen LogP contribution in [0.4, 0.5) is 5.82 Å². The van der Waals surface area contributed by atoms with E-state index in [4.69, 9.17) is 15.3 Å². The smallest absolute Gasteiger partial charge is 0.335 e. The minimum Gasteiger partial charge on any atom is -0.478 e. The number of carboxylic acids is 1. The van der Waals surface area contributed by atoms with Crippen LogP contribution in [0.5, 0.6) is 0 Å². The third kappa shape index (κ3) is 2.78. The molecule has 19 heavy (non-hydrogen) atoms. The highest BCUT2D eigenvalue weighted by molar-refractivity contribution is 5.96. The molecule has 0 aliphatic carbocycles. The maximum Gasteiger partial charge on any atom is 0.335 e. The van der Waals surface area contributed by atoms with Crippen LogP contribution < -0.4 is 5.32 Å². The van der Waals surface area contributed by atoms with E-state index in [-0.39, 0.29) is 18.8 Å². The number of anilines is 1. The van der Waals surface area contributed by atoms with Crippen molar-refractivity contribution in [1.29, 1.82) is 0 Å². The van der Waals surface area contributed by atoms with Gasteiger partial charge in [-0.25, -0.2) is 14.8 Å². The molecule has 1 aromatic heterocycles. The van der Waals surface area contributed by atoms with Gasteiger partial charge in [-0.2, -0.15) is 0 Å². The third-order valence-corrected chi connectivity index (χ3v) is 2.67. The monoisotopic (exact) mass is 263 g/mol. The van der Waals surface area contributed by atoms with E-state index in [2.05, 4.69) is 15.3 Å². The topological polar surface area (TPSA) is 116 Å². The Kier molecular flexibility index (Phi) is 3.88. The molecule has 0 unspecified atom stereocenters. The molecule has 0 atom stereocenters. The maximum atomic E-state index is 10.9. The Labute approximate surface area is 108 Å². The predicted molar refractivity (Wildman–Crippen MR) is 68.1 cm³/mol. The molecule has 1 aromatic carbocycles. The number of aromatic carboxylic acids is 1. The Morgan fingerprint density at radius 3 is 2.63 bits per heavy atom. The Hall–Kier alpha value is -2.25. The average molecular weight is 263 g/mol. The van der Waals surface area contributed by atoms with Gasteiger partial charge in [0.2, 0.25) is 0 Å². The summed E-state index contributed by atoms with van der Waals surface area (Å²) in [7, 11) is 0. The first-order chi connectivity index (χ1) is 9.15. The highest BCUT2D eigenvalue weighted by Crippen LogP contribution is 2.20. The lowest BCUT2D eigenvalue weighted by molar-refractivity contribution is 0.0697. The minimum absolute atomic E-state index is 0.137. The molecular weight excluding hydrogens is 250 g/mol. The number of aliphatic hydroxyl groups is 2. The lowest BCUT2D eigenvalue weighted by Crippen LogP contribution is -2.28. The average Bonchev–Trinajstić information content (AvgIpc) is 2.44. The van der Waals surface area contributed by atoms with Crippen LogP contribution in [0.25, 0.3) is 10.9 Å². The summed E-state index contributed by atoms with van der Waals surface area (Å²) >= 11 is 0. The summed E-state index contributed by atoms with van der Waals surface area (Å²) in [6, 6.07) is 3.95. The van der Waals surface area contributed by atoms with Crippen molar-refractivity contribution in [1.82, 2.24) is 9.97 Å². The van der Waals surface area contributed by atoms with Gasteiger partial charge >= 0.3 is 5.97 Å². The number of aromatic nitrogens is 2. The van der Waals surface area contributed by atoms with Crippen LogP contribution in [-0.4, -0.2) is 50.5 Å². The second kappa shape index (κ2) is 5.59. The fourth-order valence-corrected chi connectivity index (χ4v) is 1.65. The van der Waals surface area contributed by atoms with E-state index < -0.39 is 12.0 Å². The largest absolute Gasteiger partial charge is 0.478 e. The molecule has 0 spiro atoms. The van der Waals surface area contributed by atoms with Crippen LogP contribution in [0.2, 0.25) is 0 Å². The number of aliphatic hydroxyl groups excluding tert-OH is 2. The van der Waals surface area contributed by atoms with Crippen LogP contribution in [0.3, 0.4) is 0 Å². The molecule has 0 fully saturated rings. The fraction of sp³-hybridized carbons (Fsp3) is 0.250. The molecule has 2 rings (SSSR count). The highest BCUT2D eigenvalue weighted by atomic mass is 16.4. The molecule has 0 radical (unpaired) electrons. The first kappa shape index (κ1) is 13.2. The molecule has 0 amide bonds. The van der Waals surface area contributed by atoms with Gasteiger partial charge < -0.3 is 20.6 Å². The number of benzene rings is 1. The Morgan fingerprint density at radius 2 is 2.00 bits per heavy atom. The van der Waals surface area contributed by atoms with Crippen molar-refractivity contribution in [2.24, 2.45) is 0 Å². The van der Waals surface area contributed by atoms with Crippen LogP contribution in [0, 0.1) is 0 Å². The van der Waals surface area contributed by atoms with Gasteiger partial charge in [0, 0.05) is 5.39 Å². The zero-order valence-electron chi connectivity index (χ0n) is 9.95. The van der Waals surface area contributed by atoms with Crippen molar-refractivity contribution in [2.45, 2.75) is 6.04 Å². The Balaban J connectivity index is 2.43. The highest BCUT2D eigenvalue weighted by Gasteiger charge is 2.11. The molecule has 1 heterocycles. The van der Waals surface area contributed by atoms with Crippen molar-refractivity contribution in [3.8, 4) is 0 Å². The number of carbonyl (C=O) groups is 1. The summed E-state index contributed by atoms with van der Waals surface area (Å²) in [5.74, 6) is -0.589. The molecule has 7 nitrogen and oxygen atoms in total. The summed E-state index contributed by atoms with van der Waals surface area (Å²) in [6.07, 6.45) is 1.29. The van der Waals surface area contributed by atoms with Crippen molar-refractivity contribution < 1.29 is 20.1 Å². The Bertz CT molecular complexity index is 599. The molecule has 2 aromatic rings. The molecule has 0 saturated heterocycles. The predicted octanol–water partition coefficient (Wildman–Crippen LogP) is 0.0931. The number of nitrogens with zero attached hydrogens (tertiary/aromatic N) is 2. The number of hydrogen-bond donors (Lipinski definition) is 4. The summed E-state index contributed by atoms with van der Waals surface area (Å²) in [5, 5.41) is 30.5. The molecule has 100 valence electrons. The number of nitrogens with one attached hydrogen (secondary N) is 1. The van der Waals surface area contributed by atoms with Crippen LogP contribution in [-0.2, 0) is 0 Å². The van der Waals surface area contributed by atoms with Crippen molar-refractivity contribution >= 4 is 22.7 Å². The molecule has 0 bridgehead atoms. The van der Waals surface area contributed by atoms with Crippen molar-refractivity contribution in [3.63, 3.8) is 0 Å². The van der Waals surface area contributed by atoms with Gasteiger partial charge in [0.15, 0.2) is 0 Å². The second-order valence-corrected chi connectivity index (χ2v) is 3.97. The summed E-state index contributed by atoms with van der Waals surface area (Å²) in [6.45, 7) is -0.482. The Morgan fingerprint density at radius 1 is 1.26 bits per heavy atom. The first-order valence-corrected chi connectivity index (χ1v) is 5.62. The molecule has 4 N–H and O–H groups in total. The lowest BCUT2D eigenvalue weighted by Gasteiger charge is -2.15. The standard InChI is InChI=1S/C12H13N3O4/c16-4-8(5-17)15-11-9-2-1-7(12(18)19)3-10(9)13-6-14-11/h1-3,6,8,16-17H,4-5H2,(H,18,19)(H,13,14,15). The second-order valence-electron chi connectivity index (χ2n) is 3.97. The van der Waals surface area contributed by atoms with Gasteiger partial charge in [-0.15, -0.1) is 0 Å². The lowest BCUT2D eigenvalue weighted by atomic mass is 10.1.